The van der Waals surface area contributed by atoms with Crippen LogP contribution in [0.3, 0.4) is 0 Å². The highest BCUT2D eigenvalue weighted by Crippen LogP contribution is 2.70. The van der Waals surface area contributed by atoms with E-state index in [4.69, 9.17) is 9.47 Å². The van der Waals surface area contributed by atoms with Gasteiger partial charge in [-0.2, -0.15) is 0 Å². The van der Waals surface area contributed by atoms with Gasteiger partial charge in [-0.3, -0.25) is 0 Å². The lowest BCUT2D eigenvalue weighted by Crippen LogP contribution is -2.65. The highest BCUT2D eigenvalue weighted by atomic mass is 16.7. The van der Waals surface area contributed by atoms with Crippen LogP contribution in [0.4, 0.5) is 0 Å². The maximum absolute atomic E-state index is 10.8. The number of rotatable bonds is 1. The molecule has 5 aliphatic rings. The fraction of sp³-hybridized carbons (Fsp3) is 1.00. The molecule has 0 radical (unpaired) electrons. The van der Waals surface area contributed by atoms with E-state index < -0.39 is 5.79 Å². The van der Waals surface area contributed by atoms with Crippen molar-refractivity contribution in [3.63, 3.8) is 0 Å². The average Bonchev–Trinajstić information content (AvgIpc) is 3.25. The smallest absolute Gasteiger partial charge is 0.173 e. The van der Waals surface area contributed by atoms with Crippen molar-refractivity contribution in [3.8, 4) is 0 Å². The molecule has 1 saturated heterocycles. The molecule has 0 aromatic heterocycles. The second kappa shape index (κ2) is 5.93. The maximum atomic E-state index is 10.8. The predicted octanol–water partition coefficient (Wildman–Crippen LogP) is 3.74. The number of aliphatic hydroxyl groups excluding tert-OH is 2. The third-order valence-corrected chi connectivity index (χ3v) is 10.4. The SMILES string of the molecule is CC12CCC3C(CCC4C3(CO)CCC3(OCCO3)C4(C)C)C1CCC2O. The van der Waals surface area contributed by atoms with Crippen LogP contribution in [0.15, 0.2) is 0 Å². The molecule has 0 amide bonds. The fourth-order valence-corrected chi connectivity index (χ4v) is 8.98. The van der Waals surface area contributed by atoms with E-state index in [1.165, 1.54) is 12.8 Å². The molecule has 2 N–H and O–H groups in total. The van der Waals surface area contributed by atoms with Gasteiger partial charge < -0.3 is 19.7 Å². The molecule has 4 nitrogen and oxygen atoms in total. The van der Waals surface area contributed by atoms with Crippen LogP contribution in [0.25, 0.3) is 0 Å². The monoisotopic (exact) mass is 378 g/mol. The number of ether oxygens (including phenoxy) is 2. The van der Waals surface area contributed by atoms with E-state index in [9.17, 15) is 10.2 Å². The van der Waals surface area contributed by atoms with Crippen molar-refractivity contribution < 1.29 is 19.7 Å². The summed E-state index contributed by atoms with van der Waals surface area (Å²) >= 11 is 0. The predicted molar refractivity (Wildman–Crippen MR) is 103 cm³/mol. The topological polar surface area (TPSA) is 58.9 Å². The van der Waals surface area contributed by atoms with Gasteiger partial charge in [-0.1, -0.05) is 20.8 Å². The van der Waals surface area contributed by atoms with Gasteiger partial charge in [0.25, 0.3) is 0 Å². The van der Waals surface area contributed by atoms with Gasteiger partial charge in [-0.15, -0.1) is 0 Å². The standard InChI is InChI=1S/C23H38O4/c1-20(2)18-6-4-15-16-5-7-19(25)21(16,3)9-8-17(15)22(18,14-24)10-11-23(20)26-12-13-27-23/h15-19,24-25H,4-14H2,1-3H3. The summed E-state index contributed by atoms with van der Waals surface area (Å²) in [4.78, 5) is 0. The van der Waals surface area contributed by atoms with E-state index in [-0.39, 0.29) is 22.3 Å². The molecule has 0 aromatic rings. The Bertz CT molecular complexity index is 597. The minimum absolute atomic E-state index is 0.00183. The van der Waals surface area contributed by atoms with Crippen molar-refractivity contribution in [3.05, 3.63) is 0 Å². The molecular formula is C23H38O4. The molecule has 1 heterocycles. The zero-order valence-corrected chi connectivity index (χ0v) is 17.4. The Balaban J connectivity index is 1.51. The van der Waals surface area contributed by atoms with Crippen LogP contribution in [0.5, 0.6) is 0 Å². The van der Waals surface area contributed by atoms with Crippen LogP contribution in [-0.4, -0.2) is 41.9 Å². The lowest BCUT2D eigenvalue weighted by Gasteiger charge is -2.66. The molecular weight excluding hydrogens is 340 g/mol. The van der Waals surface area contributed by atoms with Crippen LogP contribution >= 0.6 is 0 Å². The molecule has 5 rings (SSSR count). The summed E-state index contributed by atoms with van der Waals surface area (Å²) in [5, 5.41) is 21.5. The van der Waals surface area contributed by atoms with E-state index in [0.29, 0.717) is 43.5 Å². The molecule has 0 bridgehead atoms. The third-order valence-electron chi connectivity index (χ3n) is 10.4. The molecule has 1 aliphatic heterocycles. The highest BCUT2D eigenvalue weighted by molar-refractivity contribution is 5.15. The Morgan fingerprint density at radius 3 is 2.30 bits per heavy atom. The lowest BCUT2D eigenvalue weighted by molar-refractivity contribution is -0.309. The number of hydrogen-bond acceptors (Lipinski definition) is 4. The zero-order chi connectivity index (χ0) is 19.1. The Morgan fingerprint density at radius 2 is 1.59 bits per heavy atom. The molecule has 7 atom stereocenters. The molecule has 0 aromatic carbocycles. The first-order valence-corrected chi connectivity index (χ1v) is 11.4. The van der Waals surface area contributed by atoms with Crippen molar-refractivity contribution in [1.82, 2.24) is 0 Å². The van der Waals surface area contributed by atoms with E-state index in [1.54, 1.807) is 0 Å². The average molecular weight is 379 g/mol. The highest BCUT2D eigenvalue weighted by Gasteiger charge is 2.68. The summed E-state index contributed by atoms with van der Waals surface area (Å²) in [5.41, 5.74) is 0.0287. The zero-order valence-electron chi connectivity index (χ0n) is 17.4. The van der Waals surface area contributed by atoms with Crippen LogP contribution in [0.2, 0.25) is 0 Å². The van der Waals surface area contributed by atoms with Gasteiger partial charge in [-0.05, 0) is 74.0 Å². The van der Waals surface area contributed by atoms with Crippen molar-refractivity contribution in [2.24, 2.45) is 39.9 Å². The number of hydrogen-bond donors (Lipinski definition) is 2. The Kier molecular flexibility index (Phi) is 4.14. The molecule has 154 valence electrons. The van der Waals surface area contributed by atoms with Gasteiger partial charge in [-0.25, -0.2) is 0 Å². The van der Waals surface area contributed by atoms with E-state index in [1.807, 2.05) is 0 Å². The Hall–Kier alpha value is -0.160. The minimum atomic E-state index is -0.449. The number of fused-ring (bicyclic) bond motifs is 5. The summed E-state index contributed by atoms with van der Waals surface area (Å²) in [7, 11) is 0. The van der Waals surface area contributed by atoms with Gasteiger partial charge in [0, 0.05) is 23.9 Å². The minimum Gasteiger partial charge on any atom is -0.396 e. The van der Waals surface area contributed by atoms with Crippen LogP contribution in [0, 0.1) is 39.9 Å². The van der Waals surface area contributed by atoms with Crippen LogP contribution in [0.1, 0.15) is 72.1 Å². The molecule has 4 heteroatoms. The third kappa shape index (κ3) is 2.19. The quantitative estimate of drug-likeness (QED) is 0.730. The molecule has 7 unspecified atom stereocenters. The first-order chi connectivity index (χ1) is 12.8. The first kappa shape index (κ1) is 18.8. The summed E-state index contributed by atoms with van der Waals surface area (Å²) < 4.78 is 12.5. The largest absolute Gasteiger partial charge is 0.396 e. The van der Waals surface area contributed by atoms with E-state index in [2.05, 4.69) is 20.8 Å². The Morgan fingerprint density at radius 1 is 0.852 bits per heavy atom. The van der Waals surface area contributed by atoms with Crippen molar-refractivity contribution in [2.75, 3.05) is 19.8 Å². The molecule has 1 spiro atoms. The summed E-state index contributed by atoms with van der Waals surface area (Å²) in [6.45, 7) is 8.70. The van der Waals surface area contributed by atoms with Crippen LogP contribution in [-0.2, 0) is 9.47 Å². The summed E-state index contributed by atoms with van der Waals surface area (Å²) in [6.07, 6.45) is 8.62. The van der Waals surface area contributed by atoms with Crippen molar-refractivity contribution in [1.29, 1.82) is 0 Å². The molecule has 27 heavy (non-hydrogen) atoms. The van der Waals surface area contributed by atoms with Gasteiger partial charge in [0.1, 0.15) is 0 Å². The Labute approximate surface area is 164 Å². The second-order valence-corrected chi connectivity index (χ2v) is 11.2. The summed E-state index contributed by atoms with van der Waals surface area (Å²) in [6, 6.07) is 0. The van der Waals surface area contributed by atoms with Crippen LogP contribution < -0.4 is 0 Å². The fourth-order valence-electron chi connectivity index (χ4n) is 8.98. The summed E-state index contributed by atoms with van der Waals surface area (Å²) in [5.74, 6) is 1.88. The normalized spacial score (nSPS) is 53.0. The van der Waals surface area contributed by atoms with Gasteiger partial charge in [0.2, 0.25) is 0 Å². The molecule has 4 aliphatic carbocycles. The van der Waals surface area contributed by atoms with Crippen molar-refractivity contribution in [2.45, 2.75) is 84.0 Å². The van der Waals surface area contributed by atoms with E-state index in [0.717, 1.165) is 38.5 Å². The second-order valence-electron chi connectivity index (χ2n) is 11.2. The van der Waals surface area contributed by atoms with Gasteiger partial charge in [0.05, 0.1) is 19.3 Å². The lowest BCUT2D eigenvalue weighted by atomic mass is 9.40. The number of aliphatic hydroxyl groups is 2. The molecule has 4 saturated carbocycles. The van der Waals surface area contributed by atoms with E-state index >= 15 is 0 Å². The maximum Gasteiger partial charge on any atom is 0.173 e. The first-order valence-electron chi connectivity index (χ1n) is 11.4. The van der Waals surface area contributed by atoms with Crippen molar-refractivity contribution >= 4 is 0 Å². The van der Waals surface area contributed by atoms with Gasteiger partial charge >= 0.3 is 0 Å². The molecule has 5 fully saturated rings. The van der Waals surface area contributed by atoms with Gasteiger partial charge in [0.15, 0.2) is 5.79 Å².